The fourth-order valence-corrected chi connectivity index (χ4v) is 1.74. The molecule has 2 aromatic rings. The molecule has 0 bridgehead atoms. The molecule has 0 N–H and O–H groups in total. The zero-order chi connectivity index (χ0) is 12.1. The Morgan fingerprint density at radius 2 is 1.53 bits per heavy atom. The third-order valence-corrected chi connectivity index (χ3v) is 2.45. The summed E-state index contributed by atoms with van der Waals surface area (Å²) in [6, 6.07) is 13.1. The second-order valence-electron chi connectivity index (χ2n) is 3.38. The van der Waals surface area contributed by atoms with Gasteiger partial charge in [-0.3, -0.25) is 0 Å². The number of carbonyl (C=O) groups excluding carboxylic acids is 2. The number of benzene rings is 2. The van der Waals surface area contributed by atoms with Gasteiger partial charge in [0.1, 0.15) is 0 Å². The molecule has 17 heavy (non-hydrogen) atoms. The van der Waals surface area contributed by atoms with E-state index < -0.39 is 6.17 Å². The molecule has 0 aromatic heterocycles. The first-order valence-electron chi connectivity index (χ1n) is 4.98. The highest BCUT2D eigenvalue weighted by Crippen LogP contribution is 2.26. The average molecular weight is 224 g/mol. The highest BCUT2D eigenvalue weighted by Gasteiger charge is 2.11. The molecule has 82 valence electrons. The molecule has 0 unspecified atom stereocenters. The minimum atomic E-state index is -0.865. The van der Waals surface area contributed by atoms with E-state index in [0.717, 1.165) is 10.8 Å². The number of nitrogens with zero attached hydrogens (tertiary/aromatic N) is 2. The SMILES string of the molecule is O=C=NC(N=C=O)c1cccc2ccccc12. The molecule has 0 saturated carbocycles. The van der Waals surface area contributed by atoms with Gasteiger partial charge >= 0.3 is 0 Å². The number of hydrogen-bond acceptors (Lipinski definition) is 4. The summed E-state index contributed by atoms with van der Waals surface area (Å²) in [5, 5.41) is 1.90. The van der Waals surface area contributed by atoms with Crippen LogP contribution in [0, 0.1) is 0 Å². The zero-order valence-electron chi connectivity index (χ0n) is 8.83. The first-order valence-corrected chi connectivity index (χ1v) is 4.98. The van der Waals surface area contributed by atoms with E-state index in [1.807, 2.05) is 36.4 Å². The molecule has 0 aliphatic rings. The number of isocyanates is 2. The Morgan fingerprint density at radius 1 is 0.882 bits per heavy atom. The number of aliphatic imine (C=N–C) groups is 2. The lowest BCUT2D eigenvalue weighted by molar-refractivity contribution is 0.552. The van der Waals surface area contributed by atoms with Gasteiger partial charge in [0, 0.05) is 5.56 Å². The smallest absolute Gasteiger partial charge is 0.211 e. The third kappa shape index (κ3) is 2.18. The minimum Gasteiger partial charge on any atom is -0.211 e. The molecule has 0 radical (unpaired) electrons. The van der Waals surface area contributed by atoms with Crippen LogP contribution in [0.5, 0.6) is 0 Å². The molecule has 0 aliphatic carbocycles. The summed E-state index contributed by atoms with van der Waals surface area (Å²) in [7, 11) is 0. The Kier molecular flexibility index (Phi) is 3.22. The number of hydrogen-bond donors (Lipinski definition) is 0. The Morgan fingerprint density at radius 3 is 2.24 bits per heavy atom. The van der Waals surface area contributed by atoms with E-state index in [2.05, 4.69) is 9.98 Å². The topological polar surface area (TPSA) is 58.9 Å². The van der Waals surface area contributed by atoms with Gasteiger partial charge in [-0.2, -0.15) is 9.98 Å². The lowest BCUT2D eigenvalue weighted by atomic mass is 10.0. The van der Waals surface area contributed by atoms with E-state index in [9.17, 15) is 9.59 Å². The van der Waals surface area contributed by atoms with Crippen molar-refractivity contribution >= 4 is 22.9 Å². The largest absolute Gasteiger partial charge is 0.237 e. The normalized spacial score (nSPS) is 11.3. The van der Waals surface area contributed by atoms with Crippen LogP contribution in [0.4, 0.5) is 0 Å². The number of rotatable bonds is 3. The van der Waals surface area contributed by atoms with Gasteiger partial charge in [-0.1, -0.05) is 42.5 Å². The van der Waals surface area contributed by atoms with Crippen molar-refractivity contribution in [1.82, 2.24) is 0 Å². The Labute approximate surface area is 97.3 Å². The number of fused-ring (bicyclic) bond motifs is 1. The molecule has 2 aromatic carbocycles. The van der Waals surface area contributed by atoms with Crippen molar-refractivity contribution in [3.63, 3.8) is 0 Å². The van der Waals surface area contributed by atoms with Crippen molar-refractivity contribution in [3.05, 3.63) is 48.0 Å². The van der Waals surface area contributed by atoms with Crippen LogP contribution in [0.3, 0.4) is 0 Å². The molecule has 0 aliphatic heterocycles. The molecule has 4 nitrogen and oxygen atoms in total. The molecule has 0 saturated heterocycles. The lowest BCUT2D eigenvalue weighted by Crippen LogP contribution is -1.92. The van der Waals surface area contributed by atoms with Gasteiger partial charge < -0.3 is 0 Å². The van der Waals surface area contributed by atoms with Gasteiger partial charge in [0.2, 0.25) is 12.2 Å². The molecule has 0 amide bonds. The highest BCUT2D eigenvalue weighted by molar-refractivity contribution is 5.86. The zero-order valence-corrected chi connectivity index (χ0v) is 8.83. The van der Waals surface area contributed by atoms with E-state index in [4.69, 9.17) is 0 Å². The van der Waals surface area contributed by atoms with Crippen LogP contribution in [0.25, 0.3) is 10.8 Å². The molecule has 0 atom stereocenters. The average Bonchev–Trinajstić information content (AvgIpc) is 2.38. The van der Waals surface area contributed by atoms with Gasteiger partial charge in [0.15, 0.2) is 6.17 Å². The van der Waals surface area contributed by atoms with Crippen molar-refractivity contribution in [2.45, 2.75) is 6.17 Å². The third-order valence-electron chi connectivity index (χ3n) is 2.45. The maximum atomic E-state index is 10.3. The van der Waals surface area contributed by atoms with Gasteiger partial charge in [-0.15, -0.1) is 0 Å². The van der Waals surface area contributed by atoms with E-state index in [1.54, 1.807) is 6.07 Å². The van der Waals surface area contributed by atoms with Gasteiger partial charge in [-0.25, -0.2) is 9.59 Å². The Bertz CT molecular complexity index is 615. The van der Waals surface area contributed by atoms with Crippen molar-refractivity contribution in [2.75, 3.05) is 0 Å². The van der Waals surface area contributed by atoms with Crippen LogP contribution in [0.2, 0.25) is 0 Å². The first kappa shape index (κ1) is 11.0. The molecule has 0 spiro atoms. The summed E-state index contributed by atoms with van der Waals surface area (Å²) in [4.78, 5) is 27.6. The van der Waals surface area contributed by atoms with E-state index in [0.29, 0.717) is 5.56 Å². The van der Waals surface area contributed by atoms with Crippen LogP contribution in [-0.2, 0) is 9.59 Å². The Balaban J connectivity index is 2.68. The van der Waals surface area contributed by atoms with E-state index in [-0.39, 0.29) is 0 Å². The van der Waals surface area contributed by atoms with E-state index >= 15 is 0 Å². The van der Waals surface area contributed by atoms with Crippen LogP contribution in [0.1, 0.15) is 11.7 Å². The second-order valence-corrected chi connectivity index (χ2v) is 3.38. The standard InChI is InChI=1S/C13H8N2O2/c16-8-14-13(15-9-17)12-7-3-5-10-4-1-2-6-11(10)12/h1-7,13H. The van der Waals surface area contributed by atoms with E-state index in [1.165, 1.54) is 12.2 Å². The molecule has 0 fully saturated rings. The van der Waals surface area contributed by atoms with Gasteiger partial charge in [-0.05, 0) is 10.8 Å². The molecule has 0 heterocycles. The fourth-order valence-electron chi connectivity index (χ4n) is 1.74. The molecular weight excluding hydrogens is 216 g/mol. The minimum absolute atomic E-state index is 0.690. The first-order chi connectivity index (χ1) is 8.36. The van der Waals surface area contributed by atoms with Crippen LogP contribution in [-0.4, -0.2) is 12.2 Å². The van der Waals surface area contributed by atoms with Crippen LogP contribution >= 0.6 is 0 Å². The summed E-state index contributed by atoms with van der Waals surface area (Å²) in [5.74, 6) is 0. The monoisotopic (exact) mass is 224 g/mol. The maximum absolute atomic E-state index is 10.3. The van der Waals surface area contributed by atoms with Crippen molar-refractivity contribution in [2.24, 2.45) is 9.98 Å². The van der Waals surface area contributed by atoms with Gasteiger partial charge in [0.25, 0.3) is 0 Å². The fraction of sp³-hybridized carbons (Fsp3) is 0.0769. The summed E-state index contributed by atoms with van der Waals surface area (Å²) in [6.07, 6.45) is 1.97. The summed E-state index contributed by atoms with van der Waals surface area (Å²) in [6.45, 7) is 0. The second kappa shape index (κ2) is 4.99. The van der Waals surface area contributed by atoms with Gasteiger partial charge in [0.05, 0.1) is 0 Å². The quantitative estimate of drug-likeness (QED) is 0.594. The van der Waals surface area contributed by atoms with Crippen molar-refractivity contribution in [1.29, 1.82) is 0 Å². The van der Waals surface area contributed by atoms with Crippen molar-refractivity contribution < 1.29 is 9.59 Å². The molecule has 2 rings (SSSR count). The molecular formula is C13H8N2O2. The maximum Gasteiger partial charge on any atom is 0.237 e. The molecule has 4 heteroatoms. The summed E-state index contributed by atoms with van der Waals surface area (Å²) < 4.78 is 0. The highest BCUT2D eigenvalue weighted by atomic mass is 16.1. The lowest BCUT2D eigenvalue weighted by Gasteiger charge is -2.07. The van der Waals surface area contributed by atoms with Crippen molar-refractivity contribution in [3.8, 4) is 0 Å². The van der Waals surface area contributed by atoms with Crippen LogP contribution < -0.4 is 0 Å². The predicted molar refractivity (Wildman–Crippen MR) is 62.9 cm³/mol. The summed E-state index contributed by atoms with van der Waals surface area (Å²) >= 11 is 0. The Hall–Kier alpha value is -2.54. The predicted octanol–water partition coefficient (Wildman–Crippen LogP) is 2.51. The van der Waals surface area contributed by atoms with Crippen LogP contribution in [0.15, 0.2) is 52.4 Å². The summed E-state index contributed by atoms with van der Waals surface area (Å²) in [5.41, 5.74) is 0.690.